The Morgan fingerprint density at radius 3 is 2.00 bits per heavy atom. The number of benzene rings is 4. The molecule has 1 fully saturated rings. The van der Waals surface area contributed by atoms with Crippen LogP contribution >= 0.6 is 0 Å². The van der Waals surface area contributed by atoms with Gasteiger partial charge in [0.25, 0.3) is 0 Å². The highest BCUT2D eigenvalue weighted by Crippen LogP contribution is 2.28. The highest BCUT2D eigenvalue weighted by atomic mass is 32.2. The lowest BCUT2D eigenvalue weighted by atomic mass is 9.97. The van der Waals surface area contributed by atoms with E-state index >= 15 is 0 Å². The number of pyridine rings is 1. The summed E-state index contributed by atoms with van der Waals surface area (Å²) in [5.41, 5.74) is 3.80. The van der Waals surface area contributed by atoms with Crippen LogP contribution in [0.5, 0.6) is 0 Å². The number of amides is 1. The topological polar surface area (TPSA) is 82.6 Å². The molecule has 4 aromatic carbocycles. The molecule has 5 aromatic rings. The molecule has 218 valence electrons. The number of hydrogen-bond donors (Lipinski definition) is 1. The number of aromatic nitrogens is 1. The molecule has 1 aliphatic rings. The Bertz CT molecular complexity index is 1790. The molecule has 0 aliphatic carbocycles. The Kier molecular flexibility index (Phi) is 8.38. The smallest absolute Gasteiger partial charge is 0.225 e. The van der Waals surface area contributed by atoms with E-state index in [2.05, 4.69) is 20.1 Å². The number of nitrogens with one attached hydrogen (secondary N) is 1. The third kappa shape index (κ3) is 6.87. The van der Waals surface area contributed by atoms with Crippen LogP contribution < -0.4 is 15.1 Å². The molecule has 1 aromatic heterocycles. The fraction of sp³-hybridized carbons (Fsp3) is 0.200. The van der Waals surface area contributed by atoms with Crippen molar-refractivity contribution < 1.29 is 13.2 Å². The number of piperazine rings is 1. The first-order valence-corrected chi connectivity index (χ1v) is 16.2. The molecular weight excluding hydrogens is 556 g/mol. The Morgan fingerprint density at radius 1 is 0.721 bits per heavy atom. The molecule has 2 heterocycles. The second-order valence-corrected chi connectivity index (χ2v) is 12.9. The number of carbonyl (C=O) groups excluding carboxylic acids is 1. The van der Waals surface area contributed by atoms with E-state index in [0.29, 0.717) is 5.69 Å². The maximum atomic E-state index is 13.5. The van der Waals surface area contributed by atoms with Crippen LogP contribution in [0.4, 0.5) is 17.1 Å². The fourth-order valence-corrected chi connectivity index (χ4v) is 7.30. The lowest BCUT2D eigenvalue weighted by Gasteiger charge is -2.37. The molecule has 0 unspecified atom stereocenters. The summed E-state index contributed by atoms with van der Waals surface area (Å²) in [6.45, 7) is 3.65. The second-order valence-electron chi connectivity index (χ2n) is 10.9. The van der Waals surface area contributed by atoms with Crippen molar-refractivity contribution in [3.8, 4) is 0 Å². The van der Waals surface area contributed by atoms with Crippen LogP contribution in [0.3, 0.4) is 0 Å². The van der Waals surface area contributed by atoms with Crippen LogP contribution in [-0.2, 0) is 14.6 Å². The van der Waals surface area contributed by atoms with Crippen LogP contribution in [0.15, 0.2) is 126 Å². The van der Waals surface area contributed by atoms with Gasteiger partial charge in [-0.05, 0) is 64.9 Å². The van der Waals surface area contributed by atoms with Crippen LogP contribution in [0.25, 0.3) is 10.8 Å². The average molecular weight is 591 g/mol. The highest BCUT2D eigenvalue weighted by molar-refractivity contribution is 7.91. The van der Waals surface area contributed by atoms with Gasteiger partial charge >= 0.3 is 0 Å². The van der Waals surface area contributed by atoms with Crippen molar-refractivity contribution in [3.63, 3.8) is 0 Å². The van der Waals surface area contributed by atoms with E-state index in [1.165, 1.54) is 5.69 Å². The Morgan fingerprint density at radius 2 is 1.33 bits per heavy atom. The van der Waals surface area contributed by atoms with Gasteiger partial charge < -0.3 is 15.1 Å². The van der Waals surface area contributed by atoms with Gasteiger partial charge in [-0.25, -0.2) is 8.42 Å². The molecule has 1 N–H and O–H groups in total. The minimum Gasteiger partial charge on any atom is -0.368 e. The molecule has 6 rings (SSSR count). The van der Waals surface area contributed by atoms with E-state index < -0.39 is 15.8 Å². The SMILES string of the molecule is O=C(C[C@H](CS(=O)(=O)c1ccc2ccccc2c1)c1ccccc1)Nc1ccc(N2CCN(c3ccncc3)CC2)cc1. The molecule has 1 atom stereocenters. The van der Waals surface area contributed by atoms with Gasteiger partial charge in [0, 0.05) is 68.0 Å². The van der Waals surface area contributed by atoms with Crippen LogP contribution in [0.2, 0.25) is 0 Å². The summed E-state index contributed by atoms with van der Waals surface area (Å²) in [4.78, 5) is 22.3. The summed E-state index contributed by atoms with van der Waals surface area (Å²) >= 11 is 0. The molecule has 7 nitrogen and oxygen atoms in total. The maximum absolute atomic E-state index is 13.5. The fourth-order valence-electron chi connectivity index (χ4n) is 5.69. The van der Waals surface area contributed by atoms with Gasteiger partial charge in [-0.2, -0.15) is 0 Å². The number of fused-ring (bicyclic) bond motifs is 1. The van der Waals surface area contributed by atoms with Crippen molar-refractivity contribution >= 4 is 43.6 Å². The first-order valence-electron chi connectivity index (χ1n) is 14.5. The van der Waals surface area contributed by atoms with Gasteiger partial charge in [0.05, 0.1) is 10.6 Å². The Balaban J connectivity index is 1.10. The number of rotatable bonds is 9. The van der Waals surface area contributed by atoms with E-state index in [0.717, 1.165) is 48.2 Å². The summed E-state index contributed by atoms with van der Waals surface area (Å²) in [5, 5.41) is 4.84. The molecule has 1 saturated heterocycles. The molecule has 43 heavy (non-hydrogen) atoms. The first kappa shape index (κ1) is 28.4. The third-order valence-corrected chi connectivity index (χ3v) is 9.84. The summed E-state index contributed by atoms with van der Waals surface area (Å²) in [7, 11) is -3.65. The molecule has 0 bridgehead atoms. The normalized spacial score (nSPS) is 14.4. The zero-order valence-electron chi connectivity index (χ0n) is 23.8. The molecule has 8 heteroatoms. The summed E-state index contributed by atoms with van der Waals surface area (Å²) < 4.78 is 27.1. The van der Waals surface area contributed by atoms with E-state index in [9.17, 15) is 13.2 Å². The quantitative estimate of drug-likeness (QED) is 0.222. The van der Waals surface area contributed by atoms with Gasteiger partial charge in [-0.3, -0.25) is 9.78 Å². The third-order valence-electron chi connectivity index (χ3n) is 8.03. The number of anilines is 3. The molecular formula is C35H34N4O3S. The number of carbonyl (C=O) groups is 1. The minimum atomic E-state index is -3.65. The molecule has 0 saturated carbocycles. The van der Waals surface area contributed by atoms with E-state index in [1.807, 2.05) is 109 Å². The van der Waals surface area contributed by atoms with Gasteiger partial charge in [-0.15, -0.1) is 0 Å². The van der Waals surface area contributed by atoms with Crippen LogP contribution in [0, 0.1) is 0 Å². The van der Waals surface area contributed by atoms with Gasteiger partial charge in [0.1, 0.15) is 0 Å². The van der Waals surface area contributed by atoms with Crippen molar-refractivity contribution in [2.24, 2.45) is 0 Å². The Hall–Kier alpha value is -4.69. The van der Waals surface area contributed by atoms with Gasteiger partial charge in [0.2, 0.25) is 5.91 Å². The number of nitrogens with zero attached hydrogens (tertiary/aromatic N) is 3. The summed E-state index contributed by atoms with van der Waals surface area (Å²) in [6.07, 6.45) is 3.69. The van der Waals surface area contributed by atoms with Gasteiger partial charge in [-0.1, -0.05) is 60.7 Å². The second kappa shape index (κ2) is 12.7. The predicted molar refractivity (Wildman–Crippen MR) is 174 cm³/mol. The maximum Gasteiger partial charge on any atom is 0.225 e. The van der Waals surface area contributed by atoms with Crippen molar-refractivity contribution in [2.75, 3.05) is 47.0 Å². The van der Waals surface area contributed by atoms with Crippen molar-refractivity contribution in [3.05, 3.63) is 127 Å². The standard InChI is InChI=1S/C35H34N4O3S/c40-35(37-31-11-13-32(14-12-31)38-20-22-39(23-21-38)33-16-18-36-19-17-33)25-30(27-6-2-1-3-7-27)26-43(41,42)34-15-10-28-8-4-5-9-29(28)24-34/h1-19,24,30H,20-23,25-26H2,(H,37,40)/t30-/m1/s1. The monoisotopic (exact) mass is 590 g/mol. The minimum absolute atomic E-state index is 0.0511. The predicted octanol–water partition coefficient (Wildman–Crippen LogP) is 6.15. The summed E-state index contributed by atoms with van der Waals surface area (Å²) in [5.74, 6) is -0.873. The van der Waals surface area contributed by atoms with E-state index in [-0.39, 0.29) is 23.0 Å². The Labute approximate surface area is 252 Å². The average Bonchev–Trinajstić information content (AvgIpc) is 3.05. The molecule has 1 amide bonds. The van der Waals surface area contributed by atoms with Crippen molar-refractivity contribution in [1.29, 1.82) is 0 Å². The largest absolute Gasteiger partial charge is 0.368 e. The number of hydrogen-bond acceptors (Lipinski definition) is 6. The van der Waals surface area contributed by atoms with Crippen LogP contribution in [-0.4, -0.2) is 51.2 Å². The first-order chi connectivity index (χ1) is 20.9. The summed E-state index contributed by atoms with van der Waals surface area (Å²) in [6, 6.07) is 34.2. The molecule has 1 aliphatic heterocycles. The molecule has 0 spiro atoms. The van der Waals surface area contributed by atoms with Crippen molar-refractivity contribution in [1.82, 2.24) is 4.98 Å². The van der Waals surface area contributed by atoms with Crippen molar-refractivity contribution in [2.45, 2.75) is 17.2 Å². The van der Waals surface area contributed by atoms with Crippen LogP contribution in [0.1, 0.15) is 17.9 Å². The van der Waals surface area contributed by atoms with Gasteiger partial charge in [0.15, 0.2) is 9.84 Å². The van der Waals surface area contributed by atoms with E-state index in [4.69, 9.17) is 0 Å². The highest BCUT2D eigenvalue weighted by Gasteiger charge is 2.25. The lowest BCUT2D eigenvalue weighted by Crippen LogP contribution is -2.46. The number of sulfone groups is 1. The molecule has 0 radical (unpaired) electrons. The zero-order chi connectivity index (χ0) is 29.6. The van der Waals surface area contributed by atoms with E-state index in [1.54, 1.807) is 12.1 Å². The zero-order valence-corrected chi connectivity index (χ0v) is 24.7. The lowest BCUT2D eigenvalue weighted by molar-refractivity contribution is -0.116.